The lowest BCUT2D eigenvalue weighted by Crippen LogP contribution is -2.13. The van der Waals surface area contributed by atoms with Crippen molar-refractivity contribution >= 4 is 46.8 Å². The molecule has 7 heteroatoms. The lowest BCUT2D eigenvalue weighted by atomic mass is 10.2. The number of anilines is 3. The predicted octanol–water partition coefficient (Wildman–Crippen LogP) is 2.64. The van der Waals surface area contributed by atoms with E-state index in [1.54, 1.807) is 18.6 Å². The molecule has 3 aromatic rings. The zero-order valence-corrected chi connectivity index (χ0v) is 12.4. The number of hydrogen-bond donors (Lipinski definition) is 3. The van der Waals surface area contributed by atoms with Crippen LogP contribution in [0.5, 0.6) is 0 Å². The highest BCUT2D eigenvalue weighted by Crippen LogP contribution is 2.23. The summed E-state index contributed by atoms with van der Waals surface area (Å²) in [4.78, 5) is 23.9. The molecule has 2 N–H and O–H groups in total. The molecule has 0 atom stereocenters. The van der Waals surface area contributed by atoms with E-state index >= 15 is 0 Å². The third kappa shape index (κ3) is 3.15. The Morgan fingerprint density at radius 1 is 1.09 bits per heavy atom. The van der Waals surface area contributed by atoms with Crippen molar-refractivity contribution in [2.24, 2.45) is 0 Å². The molecule has 0 radical (unpaired) electrons. The normalized spacial score (nSPS) is 10.4. The van der Waals surface area contributed by atoms with Crippen molar-refractivity contribution in [1.82, 2.24) is 15.0 Å². The summed E-state index contributed by atoms with van der Waals surface area (Å²) in [6, 6.07) is 9.65. The molecule has 1 aromatic carbocycles. The van der Waals surface area contributed by atoms with Gasteiger partial charge >= 0.3 is 0 Å². The van der Waals surface area contributed by atoms with Gasteiger partial charge in [-0.25, -0.2) is 9.97 Å². The molecule has 2 aromatic heterocycles. The Morgan fingerprint density at radius 3 is 2.68 bits per heavy atom. The molecule has 22 heavy (non-hydrogen) atoms. The van der Waals surface area contributed by atoms with Gasteiger partial charge in [-0.05, 0) is 24.3 Å². The number of fused-ring (bicyclic) bond motifs is 1. The number of thiol groups is 1. The molecule has 0 bridgehead atoms. The van der Waals surface area contributed by atoms with Gasteiger partial charge < -0.3 is 10.6 Å². The third-order valence-electron chi connectivity index (χ3n) is 2.97. The highest BCUT2D eigenvalue weighted by molar-refractivity contribution is 7.81. The van der Waals surface area contributed by atoms with Crippen molar-refractivity contribution in [2.45, 2.75) is 0 Å². The van der Waals surface area contributed by atoms with E-state index in [1.807, 2.05) is 30.3 Å². The molecule has 0 fully saturated rings. The first kappa shape index (κ1) is 14.3. The summed E-state index contributed by atoms with van der Waals surface area (Å²) >= 11 is 3.90. The molecule has 2 heterocycles. The maximum absolute atomic E-state index is 11.2. The first-order chi connectivity index (χ1) is 10.8. The van der Waals surface area contributed by atoms with Crippen molar-refractivity contribution in [3.8, 4) is 0 Å². The molecule has 3 rings (SSSR count). The second-order valence-electron chi connectivity index (χ2n) is 4.50. The van der Waals surface area contributed by atoms with Crippen molar-refractivity contribution in [2.75, 3.05) is 16.4 Å². The monoisotopic (exact) mass is 311 g/mol. The van der Waals surface area contributed by atoms with Gasteiger partial charge in [-0.1, -0.05) is 6.07 Å². The van der Waals surface area contributed by atoms with E-state index in [1.165, 1.54) is 0 Å². The van der Waals surface area contributed by atoms with Crippen molar-refractivity contribution in [3.05, 3.63) is 48.9 Å². The maximum Gasteiger partial charge on any atom is 0.234 e. The summed E-state index contributed by atoms with van der Waals surface area (Å²) in [7, 11) is 0. The van der Waals surface area contributed by atoms with Gasteiger partial charge in [0.25, 0.3) is 0 Å². The van der Waals surface area contributed by atoms with E-state index in [4.69, 9.17) is 0 Å². The highest BCUT2D eigenvalue weighted by Gasteiger charge is 2.04. The van der Waals surface area contributed by atoms with E-state index < -0.39 is 0 Å². The minimum atomic E-state index is -0.201. The fourth-order valence-electron chi connectivity index (χ4n) is 1.99. The molecular weight excluding hydrogens is 298 g/mol. The summed E-state index contributed by atoms with van der Waals surface area (Å²) in [5.41, 5.74) is 2.30. The fraction of sp³-hybridized carbons (Fsp3) is 0.0667. The Labute approximate surface area is 132 Å². The minimum Gasteiger partial charge on any atom is -0.324 e. The highest BCUT2D eigenvalue weighted by atomic mass is 32.1. The number of hydrogen-bond acceptors (Lipinski definition) is 6. The number of benzene rings is 1. The van der Waals surface area contributed by atoms with Crippen LogP contribution in [0.15, 0.2) is 48.9 Å². The van der Waals surface area contributed by atoms with Crippen LogP contribution in [-0.4, -0.2) is 26.6 Å². The minimum absolute atomic E-state index is 0.114. The Bertz CT molecular complexity index is 801. The summed E-state index contributed by atoms with van der Waals surface area (Å²) in [5, 5.41) is 6.77. The van der Waals surface area contributed by atoms with Gasteiger partial charge in [0.2, 0.25) is 11.9 Å². The van der Waals surface area contributed by atoms with Crippen molar-refractivity contribution in [3.63, 3.8) is 0 Å². The topological polar surface area (TPSA) is 79.8 Å². The summed E-state index contributed by atoms with van der Waals surface area (Å²) < 4.78 is 0. The number of nitrogens with zero attached hydrogens (tertiary/aromatic N) is 3. The lowest BCUT2D eigenvalue weighted by molar-refractivity contribution is -0.113. The number of rotatable bonds is 4. The average molecular weight is 311 g/mol. The molecule has 110 valence electrons. The van der Waals surface area contributed by atoms with Gasteiger partial charge in [-0.2, -0.15) is 12.6 Å². The molecule has 0 aliphatic heterocycles. The van der Waals surface area contributed by atoms with E-state index in [0.29, 0.717) is 11.6 Å². The van der Waals surface area contributed by atoms with Gasteiger partial charge in [0, 0.05) is 11.6 Å². The number of nitrogens with one attached hydrogen (secondary N) is 2. The van der Waals surface area contributed by atoms with Crippen LogP contribution in [0.1, 0.15) is 0 Å². The second-order valence-corrected chi connectivity index (χ2v) is 4.82. The molecule has 0 aliphatic carbocycles. The molecule has 0 saturated heterocycles. The van der Waals surface area contributed by atoms with Crippen LogP contribution in [0.4, 0.5) is 17.3 Å². The molecule has 0 saturated carbocycles. The van der Waals surface area contributed by atoms with E-state index in [-0.39, 0.29) is 11.7 Å². The van der Waals surface area contributed by atoms with Crippen LogP contribution >= 0.6 is 12.6 Å². The van der Waals surface area contributed by atoms with Crippen LogP contribution in [0.25, 0.3) is 10.9 Å². The van der Waals surface area contributed by atoms with Crippen LogP contribution in [0.2, 0.25) is 0 Å². The van der Waals surface area contributed by atoms with Gasteiger partial charge in [0.05, 0.1) is 35.0 Å². The largest absolute Gasteiger partial charge is 0.324 e. The first-order valence-electron chi connectivity index (χ1n) is 6.60. The van der Waals surface area contributed by atoms with Crippen LogP contribution in [-0.2, 0) is 4.79 Å². The van der Waals surface area contributed by atoms with Crippen molar-refractivity contribution in [1.29, 1.82) is 0 Å². The Kier molecular flexibility index (Phi) is 4.15. The van der Waals surface area contributed by atoms with Gasteiger partial charge in [0.1, 0.15) is 0 Å². The number of aromatic nitrogens is 3. The van der Waals surface area contributed by atoms with E-state index in [9.17, 15) is 4.79 Å². The van der Waals surface area contributed by atoms with Crippen molar-refractivity contribution < 1.29 is 4.79 Å². The number of carbonyl (C=O) groups excluding carboxylic acids is 1. The fourth-order valence-corrected chi connectivity index (χ4v) is 2.07. The molecule has 6 nitrogen and oxygen atoms in total. The molecule has 0 unspecified atom stereocenters. The third-order valence-corrected chi connectivity index (χ3v) is 3.26. The summed E-state index contributed by atoms with van der Waals surface area (Å²) in [6.07, 6.45) is 4.83. The predicted molar refractivity (Wildman–Crippen MR) is 89.5 cm³/mol. The Morgan fingerprint density at radius 2 is 1.91 bits per heavy atom. The number of pyridine rings is 1. The quantitative estimate of drug-likeness (QED) is 0.646. The summed E-state index contributed by atoms with van der Waals surface area (Å²) in [6.45, 7) is 0. The standard InChI is InChI=1S/C15H13N5OS/c21-14(9-22)19-10-7-17-15(18-8-10)20-13-5-1-4-12-11(13)3-2-6-16-12/h1-8,22H,9H2,(H,19,21)(H,17,18,20). The first-order valence-corrected chi connectivity index (χ1v) is 7.23. The number of amides is 1. The van der Waals surface area contributed by atoms with Gasteiger partial charge in [-0.3, -0.25) is 9.78 Å². The number of carbonyl (C=O) groups is 1. The molecule has 0 spiro atoms. The average Bonchev–Trinajstić information content (AvgIpc) is 2.57. The Balaban J connectivity index is 1.82. The smallest absolute Gasteiger partial charge is 0.234 e. The van der Waals surface area contributed by atoms with Crippen LogP contribution in [0, 0.1) is 0 Å². The molecule has 0 aliphatic rings. The summed E-state index contributed by atoms with van der Waals surface area (Å²) in [5.74, 6) is 0.358. The Hall–Kier alpha value is -2.67. The van der Waals surface area contributed by atoms with Gasteiger partial charge in [0.15, 0.2) is 0 Å². The van der Waals surface area contributed by atoms with Crippen LogP contribution < -0.4 is 10.6 Å². The maximum atomic E-state index is 11.2. The zero-order chi connectivity index (χ0) is 15.4. The van der Waals surface area contributed by atoms with Crippen LogP contribution in [0.3, 0.4) is 0 Å². The van der Waals surface area contributed by atoms with E-state index in [2.05, 4.69) is 38.2 Å². The lowest BCUT2D eigenvalue weighted by Gasteiger charge is -2.08. The SMILES string of the molecule is O=C(CS)Nc1cnc(Nc2cccc3ncccc23)nc1. The molecule has 1 amide bonds. The molecular formula is C15H13N5OS. The van der Waals surface area contributed by atoms with E-state index in [0.717, 1.165) is 16.6 Å². The zero-order valence-electron chi connectivity index (χ0n) is 11.5. The second kappa shape index (κ2) is 6.40. The van der Waals surface area contributed by atoms with Gasteiger partial charge in [-0.15, -0.1) is 0 Å².